The average Bonchev–Trinajstić information content (AvgIpc) is 2.74. The van der Waals surface area contributed by atoms with Gasteiger partial charge in [0, 0.05) is 32.7 Å². The molecule has 3 rings (SSSR count). The molecule has 0 saturated carbocycles. The summed E-state index contributed by atoms with van der Waals surface area (Å²) in [7, 11) is 1.64. The molecular weight excluding hydrogens is 352 g/mol. The van der Waals surface area contributed by atoms with E-state index < -0.39 is 0 Å². The number of hydrazone groups is 1. The fourth-order valence-electron chi connectivity index (χ4n) is 3.23. The Labute approximate surface area is 166 Å². The smallest absolute Gasteiger partial charge is 0.254 e. The highest BCUT2D eigenvalue weighted by atomic mass is 16.5. The number of rotatable bonds is 7. The molecule has 0 spiro atoms. The zero-order valence-electron chi connectivity index (χ0n) is 16.6. The van der Waals surface area contributed by atoms with Crippen LogP contribution in [0, 0.1) is 0 Å². The molecule has 0 aromatic heterocycles. The number of ether oxygens (including phenoxy) is 1. The van der Waals surface area contributed by atoms with Crippen molar-refractivity contribution < 1.29 is 9.53 Å². The largest absolute Gasteiger partial charge is 0.497 e. The van der Waals surface area contributed by atoms with Gasteiger partial charge < -0.3 is 4.74 Å². The minimum atomic E-state index is -0.0793. The highest BCUT2D eigenvalue weighted by molar-refractivity contribution is 5.99. The van der Waals surface area contributed by atoms with Crippen molar-refractivity contribution in [3.8, 4) is 5.75 Å². The summed E-state index contributed by atoms with van der Waals surface area (Å²) in [6.45, 7) is 6.94. The summed E-state index contributed by atoms with van der Waals surface area (Å²) in [6.07, 6.45) is 0. The Bertz CT molecular complexity index is 782. The maximum atomic E-state index is 12.2. The van der Waals surface area contributed by atoms with Gasteiger partial charge in [0.25, 0.3) is 5.91 Å². The molecule has 6 nitrogen and oxygen atoms in total. The van der Waals surface area contributed by atoms with Crippen molar-refractivity contribution in [2.75, 3.05) is 39.8 Å². The van der Waals surface area contributed by atoms with Crippen LogP contribution in [0.4, 0.5) is 0 Å². The van der Waals surface area contributed by atoms with Gasteiger partial charge in [0.1, 0.15) is 5.75 Å². The third-order valence-corrected chi connectivity index (χ3v) is 4.94. The van der Waals surface area contributed by atoms with Crippen LogP contribution in [0.5, 0.6) is 5.75 Å². The zero-order valence-corrected chi connectivity index (χ0v) is 16.6. The summed E-state index contributed by atoms with van der Waals surface area (Å²) < 4.78 is 5.15. The predicted molar refractivity (Wildman–Crippen MR) is 112 cm³/mol. The summed E-state index contributed by atoms with van der Waals surface area (Å²) in [4.78, 5) is 16.8. The monoisotopic (exact) mass is 380 g/mol. The van der Waals surface area contributed by atoms with E-state index in [4.69, 9.17) is 4.74 Å². The van der Waals surface area contributed by atoms with Crippen molar-refractivity contribution in [2.24, 2.45) is 5.10 Å². The number of amides is 1. The van der Waals surface area contributed by atoms with Gasteiger partial charge in [-0.1, -0.05) is 30.3 Å². The maximum absolute atomic E-state index is 12.2. The van der Waals surface area contributed by atoms with Crippen LogP contribution in [0.3, 0.4) is 0 Å². The van der Waals surface area contributed by atoms with Gasteiger partial charge in [0.2, 0.25) is 0 Å². The number of hydrogen-bond donors (Lipinski definition) is 1. The fourth-order valence-corrected chi connectivity index (χ4v) is 3.23. The van der Waals surface area contributed by atoms with Gasteiger partial charge in [0.15, 0.2) is 0 Å². The van der Waals surface area contributed by atoms with Gasteiger partial charge >= 0.3 is 0 Å². The van der Waals surface area contributed by atoms with Crippen LogP contribution in [0.15, 0.2) is 59.7 Å². The molecule has 0 atom stereocenters. The number of hydrogen-bond acceptors (Lipinski definition) is 5. The van der Waals surface area contributed by atoms with Gasteiger partial charge in [-0.15, -0.1) is 0 Å². The first-order chi connectivity index (χ1) is 13.6. The molecule has 28 heavy (non-hydrogen) atoms. The Balaban J connectivity index is 1.41. The minimum absolute atomic E-state index is 0.0793. The SMILES string of the molecule is COc1ccc(/C(C)=N/NC(=O)CN2CCN(Cc3ccccc3)CC2)cc1. The molecule has 1 heterocycles. The first-order valence-corrected chi connectivity index (χ1v) is 9.60. The van der Waals surface area contributed by atoms with Gasteiger partial charge in [-0.2, -0.15) is 5.10 Å². The summed E-state index contributed by atoms with van der Waals surface area (Å²) in [6, 6.07) is 18.1. The van der Waals surface area contributed by atoms with Gasteiger partial charge in [0.05, 0.1) is 19.4 Å². The van der Waals surface area contributed by atoms with Crippen LogP contribution in [0.2, 0.25) is 0 Å². The third kappa shape index (κ3) is 5.90. The Morgan fingerprint density at radius 3 is 2.29 bits per heavy atom. The van der Waals surface area contributed by atoms with Crippen LogP contribution in [-0.2, 0) is 11.3 Å². The van der Waals surface area contributed by atoms with Crippen molar-refractivity contribution in [1.29, 1.82) is 0 Å². The Hall–Kier alpha value is -2.70. The quantitative estimate of drug-likeness (QED) is 0.592. The predicted octanol–water partition coefficient (Wildman–Crippen LogP) is 2.35. The van der Waals surface area contributed by atoms with Crippen LogP contribution in [0.1, 0.15) is 18.1 Å². The normalized spacial score (nSPS) is 16.0. The second kappa shape index (κ2) is 10.0. The van der Waals surface area contributed by atoms with E-state index in [-0.39, 0.29) is 5.91 Å². The Kier molecular flexibility index (Phi) is 7.17. The van der Waals surface area contributed by atoms with Gasteiger partial charge in [-0.25, -0.2) is 5.43 Å². The molecule has 0 bridgehead atoms. The van der Waals surface area contributed by atoms with E-state index in [1.807, 2.05) is 37.3 Å². The van der Waals surface area contributed by atoms with E-state index in [0.29, 0.717) is 6.54 Å². The van der Waals surface area contributed by atoms with Gasteiger partial charge in [-0.05, 0) is 42.3 Å². The lowest BCUT2D eigenvalue weighted by Gasteiger charge is -2.34. The van der Waals surface area contributed by atoms with E-state index in [9.17, 15) is 4.79 Å². The molecule has 0 aliphatic carbocycles. The summed E-state index contributed by atoms with van der Waals surface area (Å²) in [5, 5.41) is 4.23. The first-order valence-electron chi connectivity index (χ1n) is 9.60. The van der Waals surface area contributed by atoms with Crippen LogP contribution < -0.4 is 10.2 Å². The molecule has 0 radical (unpaired) electrons. The minimum Gasteiger partial charge on any atom is -0.497 e. The number of carbonyl (C=O) groups is 1. The average molecular weight is 380 g/mol. The molecule has 1 aliphatic heterocycles. The Morgan fingerprint density at radius 1 is 1.00 bits per heavy atom. The highest BCUT2D eigenvalue weighted by Gasteiger charge is 2.18. The van der Waals surface area contributed by atoms with E-state index in [0.717, 1.165) is 49.7 Å². The molecule has 1 N–H and O–H groups in total. The molecule has 1 saturated heterocycles. The second-order valence-corrected chi connectivity index (χ2v) is 7.00. The zero-order chi connectivity index (χ0) is 19.8. The van der Waals surface area contributed by atoms with Crippen LogP contribution in [0.25, 0.3) is 0 Å². The lowest BCUT2D eigenvalue weighted by molar-refractivity contribution is -0.122. The van der Waals surface area contributed by atoms with Crippen LogP contribution in [-0.4, -0.2) is 61.3 Å². The summed E-state index contributed by atoms with van der Waals surface area (Å²) >= 11 is 0. The second-order valence-electron chi connectivity index (χ2n) is 7.00. The molecule has 1 amide bonds. The molecular formula is C22H28N4O2. The summed E-state index contributed by atoms with van der Waals surface area (Å²) in [5.41, 5.74) is 5.72. The maximum Gasteiger partial charge on any atom is 0.254 e. The van der Waals surface area contributed by atoms with Crippen molar-refractivity contribution >= 4 is 11.6 Å². The number of nitrogens with one attached hydrogen (secondary N) is 1. The topological polar surface area (TPSA) is 57.2 Å². The number of piperazine rings is 1. The van der Waals surface area contributed by atoms with E-state index in [1.54, 1.807) is 7.11 Å². The molecule has 2 aromatic carbocycles. The number of nitrogens with zero attached hydrogens (tertiary/aromatic N) is 3. The standard InChI is InChI=1S/C22H28N4O2/c1-18(20-8-10-21(28-2)11-9-20)23-24-22(27)17-26-14-12-25(13-15-26)16-19-6-4-3-5-7-19/h3-11H,12-17H2,1-2H3,(H,24,27)/b23-18+. The van der Waals surface area contributed by atoms with Gasteiger partial charge in [-0.3, -0.25) is 14.6 Å². The van der Waals surface area contributed by atoms with Crippen molar-refractivity contribution in [2.45, 2.75) is 13.5 Å². The molecule has 1 fully saturated rings. The number of methoxy groups -OCH3 is 1. The van der Waals surface area contributed by atoms with Crippen molar-refractivity contribution in [3.05, 3.63) is 65.7 Å². The summed E-state index contributed by atoms with van der Waals surface area (Å²) in [5.74, 6) is 0.719. The highest BCUT2D eigenvalue weighted by Crippen LogP contribution is 2.12. The number of carbonyl (C=O) groups excluding carboxylic acids is 1. The molecule has 148 valence electrons. The fraction of sp³-hybridized carbons (Fsp3) is 0.364. The Morgan fingerprint density at radius 2 is 1.64 bits per heavy atom. The molecule has 6 heteroatoms. The van der Waals surface area contributed by atoms with Crippen molar-refractivity contribution in [3.63, 3.8) is 0 Å². The van der Waals surface area contributed by atoms with E-state index in [2.05, 4.69) is 44.6 Å². The van der Waals surface area contributed by atoms with E-state index >= 15 is 0 Å². The van der Waals surface area contributed by atoms with Crippen molar-refractivity contribution in [1.82, 2.24) is 15.2 Å². The number of benzene rings is 2. The lowest BCUT2D eigenvalue weighted by Crippen LogP contribution is -2.48. The third-order valence-electron chi connectivity index (χ3n) is 4.94. The lowest BCUT2D eigenvalue weighted by atomic mass is 10.1. The molecule has 0 unspecified atom stereocenters. The first kappa shape index (κ1) is 20.0. The molecule has 1 aliphatic rings. The molecule has 2 aromatic rings. The van der Waals surface area contributed by atoms with Crippen LogP contribution >= 0.6 is 0 Å². The van der Waals surface area contributed by atoms with E-state index in [1.165, 1.54) is 5.56 Å².